The third-order valence-electron chi connectivity index (χ3n) is 7.86. The van der Waals surface area contributed by atoms with Crippen LogP contribution in [0.5, 0.6) is 0 Å². The fraction of sp³-hybridized carbons (Fsp3) is 0.273. The van der Waals surface area contributed by atoms with Crippen LogP contribution in [0.1, 0.15) is 33.0 Å². The van der Waals surface area contributed by atoms with Gasteiger partial charge >= 0.3 is 5.92 Å². The van der Waals surface area contributed by atoms with Crippen LogP contribution in [0.2, 0.25) is 16.1 Å². The number of nitrogens with zero attached hydrogens (tertiary/aromatic N) is 2. The van der Waals surface area contributed by atoms with Gasteiger partial charge in [-0.1, -0.05) is 35.9 Å². The van der Waals surface area contributed by atoms with Gasteiger partial charge in [-0.15, -0.1) is 0 Å². The first-order valence-corrected chi connectivity index (χ1v) is 12.3. The molecule has 186 valence electrons. The molecule has 2 heterocycles. The number of carbonyl (C=O) groups excluding carboxylic acids is 4. The maximum Gasteiger partial charge on any atom is 0.348 e. The molecule has 4 amide bonds. The van der Waals surface area contributed by atoms with E-state index >= 15 is 0 Å². The Balaban J connectivity index is 1.56. The van der Waals surface area contributed by atoms with Crippen molar-refractivity contribution in [2.24, 2.45) is 0 Å². The highest BCUT2D eigenvalue weighted by molar-refractivity contribution is 6.56. The molecule has 0 bridgehead atoms. The zero-order valence-corrected chi connectivity index (χ0v) is 21.9. The van der Waals surface area contributed by atoms with Crippen LogP contribution in [0.3, 0.4) is 0 Å². The lowest BCUT2D eigenvalue weighted by atomic mass is 9.40. The van der Waals surface area contributed by atoms with Crippen LogP contribution < -0.4 is 5.32 Å². The first-order chi connectivity index (χ1) is 17.2. The van der Waals surface area contributed by atoms with Crippen molar-refractivity contribution in [2.75, 3.05) is 0 Å². The Bertz CT molecular complexity index is 1310. The van der Waals surface area contributed by atoms with Gasteiger partial charge in [0.05, 0.1) is 0 Å². The lowest BCUT2D eigenvalue weighted by molar-refractivity contribution is -0.154. The highest BCUT2D eigenvalue weighted by atomic mass is 35.5. The normalized spacial score (nSPS) is 21.8. The molecule has 0 aliphatic carbocycles. The van der Waals surface area contributed by atoms with E-state index in [9.17, 15) is 28.0 Å². The highest BCUT2D eigenvalue weighted by Gasteiger charge is 2.51. The predicted octanol–water partition coefficient (Wildman–Crippen LogP) is -2.07. The second-order valence-corrected chi connectivity index (χ2v) is 10.7. The smallest absolute Gasteiger partial charge is 0.348 e. The fourth-order valence-electron chi connectivity index (χ4n) is 4.84. The summed E-state index contributed by atoms with van der Waals surface area (Å²) in [6.45, 7) is 0.125. The molecule has 15 heteroatoms. The quantitative estimate of drug-likeness (QED) is 0.362. The number of amides is 4. The summed E-state index contributed by atoms with van der Waals surface area (Å²) >= 11 is 5.78. The van der Waals surface area contributed by atoms with E-state index in [0.717, 1.165) is 16.9 Å². The number of hydrogen-bond donors (Lipinski definition) is 1. The van der Waals surface area contributed by atoms with E-state index in [1.165, 1.54) is 25.0 Å². The molecule has 2 aliphatic rings. The maximum atomic E-state index is 15.0. The molecule has 2 aliphatic heterocycles. The topological polar surface area (TPSA) is 86.8 Å². The average Bonchev–Trinajstić information content (AvgIpc) is 3.17. The lowest BCUT2D eigenvalue weighted by Crippen LogP contribution is -2.61. The molecule has 3 unspecified atom stereocenters. The molecule has 2 aromatic carbocycles. The molecule has 7 nitrogen and oxygen atoms in total. The van der Waals surface area contributed by atoms with Crippen LogP contribution in [0.15, 0.2) is 42.5 Å². The maximum absolute atomic E-state index is 15.0. The van der Waals surface area contributed by atoms with Crippen molar-refractivity contribution in [1.82, 2.24) is 15.0 Å². The first kappa shape index (κ1) is 27.0. The second kappa shape index (κ2) is 9.38. The van der Waals surface area contributed by atoms with E-state index in [-0.39, 0.29) is 23.4 Å². The number of rotatable bonds is 5. The number of halogens is 3. The van der Waals surface area contributed by atoms with E-state index in [2.05, 4.69) is 5.32 Å². The van der Waals surface area contributed by atoms with Crippen molar-refractivity contribution < 1.29 is 28.0 Å². The Morgan fingerprint density at radius 2 is 1.78 bits per heavy atom. The van der Waals surface area contributed by atoms with Crippen molar-refractivity contribution in [2.45, 2.75) is 35.5 Å². The number of benzene rings is 2. The largest absolute Gasteiger partial charge is 0.389 e. The Morgan fingerprint density at radius 1 is 1.16 bits per heavy atom. The van der Waals surface area contributed by atoms with E-state index in [1.807, 2.05) is 0 Å². The molecular weight excluding hydrogens is 498 g/mol. The van der Waals surface area contributed by atoms with Crippen LogP contribution in [0.25, 0.3) is 0 Å². The van der Waals surface area contributed by atoms with Gasteiger partial charge in [-0.3, -0.25) is 24.5 Å². The molecule has 0 saturated carbocycles. The molecule has 37 heavy (non-hydrogen) atoms. The molecule has 0 spiro atoms. The van der Waals surface area contributed by atoms with Crippen LogP contribution >= 0.6 is 11.6 Å². The minimum Gasteiger partial charge on any atom is -0.389 e. The highest BCUT2D eigenvalue weighted by Crippen LogP contribution is 2.42. The SMILES string of the molecule is BC(c1ccc2c(c1)CN(C1C(=O)NC(=O)C(B)(B)C1B)C2=O)N(B)C(=O)C(F)(F)c1ccc(Cl)cc1. The number of fused-ring (bicyclic) bond motifs is 1. The Morgan fingerprint density at radius 3 is 2.41 bits per heavy atom. The van der Waals surface area contributed by atoms with Crippen LogP contribution in [-0.4, -0.2) is 78.7 Å². The van der Waals surface area contributed by atoms with Crippen LogP contribution in [0, 0.1) is 0 Å². The number of alkyl halides is 2. The molecule has 3 atom stereocenters. The summed E-state index contributed by atoms with van der Waals surface area (Å²) in [4.78, 5) is 53.4. The van der Waals surface area contributed by atoms with Gasteiger partial charge in [-0.25, -0.2) is 0 Å². The van der Waals surface area contributed by atoms with E-state index in [1.54, 1.807) is 49.6 Å². The Labute approximate surface area is 222 Å². The predicted molar refractivity (Wildman–Crippen MR) is 147 cm³/mol. The van der Waals surface area contributed by atoms with Gasteiger partial charge < -0.3 is 9.71 Å². The van der Waals surface area contributed by atoms with Crippen molar-refractivity contribution in [1.29, 1.82) is 0 Å². The number of carbonyl (C=O) groups is 4. The second-order valence-electron chi connectivity index (χ2n) is 10.3. The van der Waals surface area contributed by atoms with Crippen LogP contribution in [-0.2, 0) is 26.9 Å². The van der Waals surface area contributed by atoms with Crippen molar-refractivity contribution in [3.63, 3.8) is 0 Å². The molecule has 4 rings (SSSR count). The average molecular weight is 521 g/mol. The third kappa shape index (κ3) is 4.49. The molecule has 0 radical (unpaired) electrons. The zero-order chi connectivity index (χ0) is 27.4. The zero-order valence-electron chi connectivity index (χ0n) is 21.1. The van der Waals surface area contributed by atoms with Gasteiger partial charge in [0.15, 0.2) is 0 Å². The summed E-state index contributed by atoms with van der Waals surface area (Å²) in [5.74, 6) is -7.54. The summed E-state index contributed by atoms with van der Waals surface area (Å²) in [7, 11) is 8.15. The molecule has 1 N–H and O–H groups in total. The van der Waals surface area contributed by atoms with Gasteiger partial charge in [0.1, 0.15) is 37.4 Å². The summed E-state index contributed by atoms with van der Waals surface area (Å²) < 4.78 is 29.9. The summed E-state index contributed by atoms with van der Waals surface area (Å²) in [5, 5.41) is 1.80. The number of piperidine rings is 1. The minimum atomic E-state index is -3.76. The number of imide groups is 1. The standard InChI is InChI=1S/C22H23B5ClF2N3O4/c23-15-14(17(34)31-19(36)21(15,25)26)32-8-10-7-9(1-6-13(10)18(32)35)16(24)33(27)20(37)22(29,30)11-2-4-12(28)5-3-11/h1-7,14-16H,8,23-27H2,(H,31,34,36). The van der Waals surface area contributed by atoms with E-state index in [0.29, 0.717) is 16.7 Å². The molecular formula is C22H23B5ClF2N3O4. The lowest BCUT2D eigenvalue weighted by Gasteiger charge is -2.43. The molecule has 1 fully saturated rings. The number of nitrogens with one attached hydrogen (secondary N) is 1. The summed E-state index contributed by atoms with van der Waals surface area (Å²) in [6, 6.07) is 8.90. The van der Waals surface area contributed by atoms with Gasteiger partial charge in [0, 0.05) is 28.6 Å². The van der Waals surface area contributed by atoms with Crippen LogP contribution in [0.4, 0.5) is 8.78 Å². The number of hydrogen-bond acceptors (Lipinski definition) is 4. The van der Waals surface area contributed by atoms with E-state index in [4.69, 9.17) is 11.6 Å². The van der Waals surface area contributed by atoms with Crippen molar-refractivity contribution >= 4 is 74.6 Å². The monoisotopic (exact) mass is 521 g/mol. The van der Waals surface area contributed by atoms with Crippen molar-refractivity contribution in [3.8, 4) is 0 Å². The summed E-state index contributed by atoms with van der Waals surface area (Å²) in [6.07, 6.45) is 0. The van der Waals surface area contributed by atoms with E-state index < -0.39 is 46.3 Å². The Kier molecular flexibility index (Phi) is 6.86. The first-order valence-electron chi connectivity index (χ1n) is 11.9. The Hall–Kier alpha value is -3.01. The van der Waals surface area contributed by atoms with Gasteiger partial charge in [-0.05, 0) is 40.4 Å². The summed E-state index contributed by atoms with van der Waals surface area (Å²) in [5.41, 5.74) is 1.12. The van der Waals surface area contributed by atoms with Gasteiger partial charge in [0.2, 0.25) is 19.8 Å². The molecule has 1 saturated heterocycles. The molecule has 0 aromatic heterocycles. The van der Waals surface area contributed by atoms with Gasteiger partial charge in [-0.2, -0.15) is 8.78 Å². The fourth-order valence-corrected chi connectivity index (χ4v) is 4.96. The van der Waals surface area contributed by atoms with Gasteiger partial charge in [0.25, 0.3) is 11.8 Å². The third-order valence-corrected chi connectivity index (χ3v) is 8.11. The molecule has 2 aromatic rings. The minimum absolute atomic E-state index is 0.125. The van der Waals surface area contributed by atoms with Crippen molar-refractivity contribution in [3.05, 3.63) is 69.7 Å².